The van der Waals surface area contributed by atoms with Crippen molar-refractivity contribution in [3.05, 3.63) is 47.6 Å². The largest absolute Gasteiger partial charge is 0.471 e. The van der Waals surface area contributed by atoms with Crippen molar-refractivity contribution in [1.29, 1.82) is 0 Å². The number of nitrogens with zero attached hydrogens (tertiary/aromatic N) is 6. The number of piperidine rings is 1. The minimum absolute atomic E-state index is 0.176. The number of aromatic nitrogens is 3. The van der Waals surface area contributed by atoms with Gasteiger partial charge in [-0.2, -0.15) is 4.98 Å². The van der Waals surface area contributed by atoms with Gasteiger partial charge >= 0.3 is 0 Å². The molecule has 3 aliphatic heterocycles. The van der Waals surface area contributed by atoms with E-state index in [0.29, 0.717) is 81.0 Å². The second kappa shape index (κ2) is 9.51. The Bertz CT molecular complexity index is 1350. The number of rotatable bonds is 5. The van der Waals surface area contributed by atoms with Crippen LogP contribution in [0.3, 0.4) is 0 Å². The van der Waals surface area contributed by atoms with Crippen LogP contribution in [0.5, 0.6) is 0 Å². The third-order valence-electron chi connectivity index (χ3n) is 6.86. The first kappa shape index (κ1) is 23.5. The van der Waals surface area contributed by atoms with Gasteiger partial charge in [0.25, 0.3) is 11.9 Å². The fraction of sp³-hybridized carbons (Fsp3) is 0.440. The van der Waals surface area contributed by atoms with Crippen LogP contribution in [-0.4, -0.2) is 66.4 Å². The average molecular weight is 510 g/mol. The van der Waals surface area contributed by atoms with E-state index in [2.05, 4.69) is 9.97 Å². The molecule has 0 radical (unpaired) electrons. The number of aryl methyl sites for hydroxylation is 1. The number of carbonyl (C=O) groups excluding carboxylic acids is 1. The van der Waals surface area contributed by atoms with Crippen LogP contribution in [-0.2, 0) is 14.3 Å². The zero-order chi connectivity index (χ0) is 25.5. The molecule has 194 valence electrons. The van der Waals surface area contributed by atoms with E-state index >= 15 is 0 Å². The fourth-order valence-electron chi connectivity index (χ4n) is 4.95. The highest BCUT2D eigenvalue weighted by molar-refractivity contribution is 5.98. The SMILES string of the molecule is Cc1cc(C2OC=C(C(N)=O)N2c2cc3oc(N4CCOCC4)nc3nc2N2CCC(F)CC2)ccn1. The first-order chi connectivity index (χ1) is 18.0. The van der Waals surface area contributed by atoms with Crippen LogP contribution in [0.2, 0.25) is 0 Å². The van der Waals surface area contributed by atoms with Gasteiger partial charge in [0.05, 0.1) is 18.9 Å². The molecule has 0 bridgehead atoms. The molecule has 3 aromatic rings. The van der Waals surface area contributed by atoms with E-state index in [1.165, 1.54) is 6.26 Å². The number of halogens is 1. The highest BCUT2D eigenvalue weighted by Gasteiger charge is 2.37. The van der Waals surface area contributed by atoms with E-state index in [1.54, 1.807) is 11.1 Å². The molecule has 0 saturated carbocycles. The van der Waals surface area contributed by atoms with Gasteiger partial charge in [-0.05, 0) is 31.9 Å². The molecular weight excluding hydrogens is 481 g/mol. The number of hydrogen-bond acceptors (Lipinski definition) is 10. The number of anilines is 3. The standard InChI is InChI=1S/C25H28FN7O4/c1-15-12-16(2-5-28-15)24-33(19(14-36-24)21(27)34)18-13-20-22(29-23(18)31-6-3-17(26)4-7-31)30-25(37-20)32-8-10-35-11-9-32/h2,5,12-14,17,24H,3-4,6-11H2,1H3,(H2,27,34). The summed E-state index contributed by atoms with van der Waals surface area (Å²) in [6.45, 7) is 5.34. The highest BCUT2D eigenvalue weighted by atomic mass is 19.1. The summed E-state index contributed by atoms with van der Waals surface area (Å²) in [5, 5.41) is 0. The van der Waals surface area contributed by atoms with Crippen LogP contribution in [0.15, 0.2) is 40.8 Å². The van der Waals surface area contributed by atoms with Crippen LogP contribution in [0.1, 0.15) is 30.3 Å². The van der Waals surface area contributed by atoms with E-state index < -0.39 is 18.3 Å². The highest BCUT2D eigenvalue weighted by Crippen LogP contribution is 2.43. The molecule has 37 heavy (non-hydrogen) atoms. The number of fused-ring (bicyclic) bond motifs is 1. The minimum atomic E-state index is -0.854. The zero-order valence-corrected chi connectivity index (χ0v) is 20.5. The Morgan fingerprint density at radius 3 is 2.62 bits per heavy atom. The van der Waals surface area contributed by atoms with Gasteiger partial charge in [-0.15, -0.1) is 0 Å². The summed E-state index contributed by atoms with van der Waals surface area (Å²) in [5.74, 6) is -0.0805. The van der Waals surface area contributed by atoms with Crippen LogP contribution >= 0.6 is 0 Å². The van der Waals surface area contributed by atoms with Crippen LogP contribution < -0.4 is 20.4 Å². The Labute approximate surface area is 212 Å². The van der Waals surface area contributed by atoms with Gasteiger partial charge in [-0.25, -0.2) is 9.37 Å². The Balaban J connectivity index is 1.49. The number of alkyl halides is 1. The molecule has 1 amide bonds. The van der Waals surface area contributed by atoms with Gasteiger partial charge in [0.1, 0.15) is 18.1 Å². The number of ether oxygens (including phenoxy) is 2. The van der Waals surface area contributed by atoms with Crippen molar-refractivity contribution < 1.29 is 23.1 Å². The maximum Gasteiger partial charge on any atom is 0.300 e. The average Bonchev–Trinajstić information content (AvgIpc) is 3.53. The van der Waals surface area contributed by atoms with Gasteiger partial charge in [-0.3, -0.25) is 14.7 Å². The molecule has 0 aliphatic carbocycles. The molecule has 6 rings (SSSR count). The number of morpholine rings is 1. The zero-order valence-electron chi connectivity index (χ0n) is 20.5. The molecule has 6 heterocycles. The molecular formula is C25H28FN7O4. The lowest BCUT2D eigenvalue weighted by Crippen LogP contribution is -2.37. The molecule has 2 N–H and O–H groups in total. The van der Waals surface area contributed by atoms with Crippen LogP contribution in [0.25, 0.3) is 11.2 Å². The summed E-state index contributed by atoms with van der Waals surface area (Å²) in [4.78, 5) is 32.1. The van der Waals surface area contributed by atoms with Crippen LogP contribution in [0, 0.1) is 6.92 Å². The van der Waals surface area contributed by atoms with E-state index in [9.17, 15) is 9.18 Å². The Kier molecular flexibility index (Phi) is 6.03. The number of oxazole rings is 1. The van der Waals surface area contributed by atoms with Crippen molar-refractivity contribution in [3.8, 4) is 0 Å². The molecule has 3 aromatic heterocycles. The fourth-order valence-corrected chi connectivity index (χ4v) is 4.95. The smallest absolute Gasteiger partial charge is 0.300 e. The normalized spacial score (nSPS) is 20.9. The molecule has 0 aromatic carbocycles. The van der Waals surface area contributed by atoms with Crippen LogP contribution in [0.4, 0.5) is 21.9 Å². The molecule has 12 heteroatoms. The second-order valence-corrected chi connectivity index (χ2v) is 9.37. The number of nitrogens with two attached hydrogens (primary N) is 1. The maximum atomic E-state index is 14.0. The van der Waals surface area contributed by atoms with Gasteiger partial charge < -0.3 is 29.4 Å². The summed E-state index contributed by atoms with van der Waals surface area (Å²) in [6.07, 6.45) is 2.30. The minimum Gasteiger partial charge on any atom is -0.471 e. The van der Waals surface area contributed by atoms with Crippen molar-refractivity contribution >= 4 is 34.7 Å². The summed E-state index contributed by atoms with van der Waals surface area (Å²) >= 11 is 0. The number of pyridine rings is 2. The maximum absolute atomic E-state index is 14.0. The van der Waals surface area contributed by atoms with E-state index in [4.69, 9.17) is 24.6 Å². The topological polar surface area (TPSA) is 123 Å². The first-order valence-electron chi connectivity index (χ1n) is 12.4. The van der Waals surface area contributed by atoms with Crippen molar-refractivity contribution in [2.75, 3.05) is 54.1 Å². The van der Waals surface area contributed by atoms with Crippen molar-refractivity contribution in [1.82, 2.24) is 15.0 Å². The first-order valence-corrected chi connectivity index (χ1v) is 12.4. The monoisotopic (exact) mass is 509 g/mol. The van der Waals surface area contributed by atoms with Crippen molar-refractivity contribution in [3.63, 3.8) is 0 Å². The predicted octanol–water partition coefficient (Wildman–Crippen LogP) is 2.56. The van der Waals surface area contributed by atoms with E-state index in [0.717, 1.165) is 11.3 Å². The number of amides is 1. The summed E-state index contributed by atoms with van der Waals surface area (Å²) in [6, 6.07) is 5.98. The number of carbonyl (C=O) groups is 1. The van der Waals surface area contributed by atoms with Crippen molar-refractivity contribution in [2.24, 2.45) is 5.73 Å². The third-order valence-corrected chi connectivity index (χ3v) is 6.86. The summed E-state index contributed by atoms with van der Waals surface area (Å²) < 4.78 is 31.6. The molecule has 2 saturated heterocycles. The number of primary amides is 1. The summed E-state index contributed by atoms with van der Waals surface area (Å²) in [5.41, 5.74) is 9.01. The van der Waals surface area contributed by atoms with E-state index in [-0.39, 0.29) is 5.70 Å². The lowest BCUT2D eigenvalue weighted by Gasteiger charge is -2.34. The molecule has 3 aliphatic rings. The molecule has 1 atom stereocenters. The number of hydrogen-bond donors (Lipinski definition) is 1. The third kappa shape index (κ3) is 4.41. The second-order valence-electron chi connectivity index (χ2n) is 9.37. The molecule has 2 fully saturated rings. The van der Waals surface area contributed by atoms with Gasteiger partial charge in [0, 0.05) is 49.7 Å². The summed E-state index contributed by atoms with van der Waals surface area (Å²) in [7, 11) is 0. The lowest BCUT2D eigenvalue weighted by molar-refractivity contribution is -0.114. The van der Waals surface area contributed by atoms with E-state index in [1.807, 2.05) is 34.9 Å². The Hall–Kier alpha value is -3.93. The molecule has 11 nitrogen and oxygen atoms in total. The molecule has 0 spiro atoms. The quantitative estimate of drug-likeness (QED) is 0.549. The predicted molar refractivity (Wildman–Crippen MR) is 134 cm³/mol. The lowest BCUT2D eigenvalue weighted by atomic mass is 10.1. The Morgan fingerprint density at radius 1 is 1.11 bits per heavy atom. The van der Waals surface area contributed by atoms with Gasteiger partial charge in [0.2, 0.25) is 11.9 Å². The Morgan fingerprint density at radius 2 is 1.89 bits per heavy atom. The van der Waals surface area contributed by atoms with Gasteiger partial charge in [-0.1, -0.05) is 0 Å². The molecule has 1 unspecified atom stereocenters. The van der Waals surface area contributed by atoms with Gasteiger partial charge in [0.15, 0.2) is 11.4 Å². The van der Waals surface area contributed by atoms with Crippen molar-refractivity contribution in [2.45, 2.75) is 32.2 Å².